The zero-order chi connectivity index (χ0) is 15.6. The zero-order valence-electron chi connectivity index (χ0n) is 11.8. The number of nitrogens with zero attached hydrogens (tertiary/aromatic N) is 2. The fourth-order valence-corrected chi connectivity index (χ4v) is 2.12. The van der Waals surface area contributed by atoms with Crippen LogP contribution in [0.1, 0.15) is 20.3 Å². The quantitative estimate of drug-likeness (QED) is 0.647. The molecule has 3 N–H and O–H groups in total. The van der Waals surface area contributed by atoms with Crippen molar-refractivity contribution >= 4 is 28.3 Å². The molecule has 0 bridgehead atoms. The van der Waals surface area contributed by atoms with Crippen LogP contribution in [0.4, 0.5) is 11.5 Å². The zero-order valence-corrected chi connectivity index (χ0v) is 11.8. The molecule has 0 fully saturated rings. The number of hydrogen-bond acceptors (Lipinski definition) is 5. The SMILES string of the molecule is CC(C)(CC(N)=O)Nc1ccc2cc([N+](=O)[O-])ccc2n1. The number of rotatable bonds is 5. The molecule has 7 heteroatoms. The maximum Gasteiger partial charge on any atom is 0.270 e. The second-order valence-corrected chi connectivity index (χ2v) is 5.48. The third kappa shape index (κ3) is 3.65. The van der Waals surface area contributed by atoms with Crippen LogP contribution in [-0.2, 0) is 4.79 Å². The fraction of sp³-hybridized carbons (Fsp3) is 0.286. The lowest BCUT2D eigenvalue weighted by Gasteiger charge is -2.25. The molecular formula is C14H16N4O3. The number of nitro benzene ring substituents is 1. The van der Waals surface area contributed by atoms with Gasteiger partial charge in [0, 0.05) is 29.5 Å². The summed E-state index contributed by atoms with van der Waals surface area (Å²) in [5, 5.41) is 14.5. The van der Waals surface area contributed by atoms with Gasteiger partial charge in [0.1, 0.15) is 5.82 Å². The molecule has 1 aromatic carbocycles. The van der Waals surface area contributed by atoms with E-state index in [-0.39, 0.29) is 12.1 Å². The molecule has 2 aromatic rings. The van der Waals surface area contributed by atoms with Crippen LogP contribution in [0.25, 0.3) is 10.9 Å². The number of benzene rings is 1. The number of aromatic nitrogens is 1. The van der Waals surface area contributed by atoms with E-state index in [0.717, 1.165) is 0 Å². The van der Waals surface area contributed by atoms with Gasteiger partial charge in [-0.25, -0.2) is 4.98 Å². The van der Waals surface area contributed by atoms with Gasteiger partial charge in [-0.1, -0.05) is 0 Å². The maximum absolute atomic E-state index is 11.0. The predicted molar refractivity (Wildman–Crippen MR) is 79.9 cm³/mol. The molecule has 0 saturated carbocycles. The first-order valence-corrected chi connectivity index (χ1v) is 6.38. The highest BCUT2D eigenvalue weighted by molar-refractivity contribution is 5.82. The number of non-ortho nitro benzene ring substituents is 1. The van der Waals surface area contributed by atoms with Crippen molar-refractivity contribution in [2.75, 3.05) is 5.32 Å². The molecule has 0 aliphatic carbocycles. The number of anilines is 1. The molecule has 1 amide bonds. The molecule has 0 aliphatic rings. The lowest BCUT2D eigenvalue weighted by molar-refractivity contribution is -0.384. The van der Waals surface area contributed by atoms with E-state index in [1.54, 1.807) is 18.2 Å². The van der Waals surface area contributed by atoms with Crippen LogP contribution in [0.5, 0.6) is 0 Å². The van der Waals surface area contributed by atoms with Gasteiger partial charge >= 0.3 is 0 Å². The summed E-state index contributed by atoms with van der Waals surface area (Å²) < 4.78 is 0. The highest BCUT2D eigenvalue weighted by Gasteiger charge is 2.20. The average Bonchev–Trinajstić information content (AvgIpc) is 2.35. The highest BCUT2D eigenvalue weighted by atomic mass is 16.6. The summed E-state index contributed by atoms with van der Waals surface area (Å²) in [5.74, 6) is 0.187. The molecule has 0 unspecified atom stereocenters. The molecule has 21 heavy (non-hydrogen) atoms. The normalized spacial score (nSPS) is 11.3. The fourth-order valence-electron chi connectivity index (χ4n) is 2.12. The van der Waals surface area contributed by atoms with Gasteiger partial charge in [0.15, 0.2) is 0 Å². The number of hydrogen-bond donors (Lipinski definition) is 2. The summed E-state index contributed by atoms with van der Waals surface area (Å²) in [5.41, 5.74) is 5.35. The van der Waals surface area contributed by atoms with Crippen LogP contribution >= 0.6 is 0 Å². The molecule has 0 atom stereocenters. The number of amides is 1. The van der Waals surface area contributed by atoms with E-state index in [9.17, 15) is 14.9 Å². The Kier molecular flexibility index (Phi) is 3.75. The minimum Gasteiger partial charge on any atom is -0.370 e. The van der Waals surface area contributed by atoms with E-state index in [4.69, 9.17) is 5.73 Å². The van der Waals surface area contributed by atoms with E-state index in [2.05, 4.69) is 10.3 Å². The van der Waals surface area contributed by atoms with Gasteiger partial charge in [-0.2, -0.15) is 0 Å². The summed E-state index contributed by atoms with van der Waals surface area (Å²) in [7, 11) is 0. The smallest absolute Gasteiger partial charge is 0.270 e. The number of nitrogens with one attached hydrogen (secondary N) is 1. The summed E-state index contributed by atoms with van der Waals surface area (Å²) >= 11 is 0. The first-order chi connectivity index (χ1) is 9.77. The van der Waals surface area contributed by atoms with Gasteiger partial charge in [-0.15, -0.1) is 0 Å². The summed E-state index contributed by atoms with van der Waals surface area (Å²) in [6.07, 6.45) is 0.174. The van der Waals surface area contributed by atoms with E-state index in [1.807, 2.05) is 13.8 Å². The standard InChI is InChI=1S/C14H16N4O3/c1-14(2,8-12(15)19)17-13-6-3-9-7-10(18(20)21)4-5-11(9)16-13/h3-7H,8H2,1-2H3,(H2,15,19)(H,16,17). The van der Waals surface area contributed by atoms with Crippen LogP contribution in [0.3, 0.4) is 0 Å². The molecule has 1 aromatic heterocycles. The average molecular weight is 288 g/mol. The minimum atomic E-state index is -0.521. The van der Waals surface area contributed by atoms with E-state index in [0.29, 0.717) is 16.7 Å². The number of nitrogens with two attached hydrogens (primary N) is 1. The Morgan fingerprint density at radius 1 is 1.38 bits per heavy atom. The van der Waals surface area contributed by atoms with Crippen LogP contribution in [0, 0.1) is 10.1 Å². The Balaban J connectivity index is 2.29. The Morgan fingerprint density at radius 2 is 2.10 bits per heavy atom. The molecule has 0 aliphatic heterocycles. The Labute approximate surface area is 121 Å². The molecule has 110 valence electrons. The largest absolute Gasteiger partial charge is 0.370 e. The number of nitro groups is 1. The van der Waals surface area contributed by atoms with Crippen LogP contribution in [0.2, 0.25) is 0 Å². The second-order valence-electron chi connectivity index (χ2n) is 5.48. The lowest BCUT2D eigenvalue weighted by Crippen LogP contribution is -2.36. The third-order valence-corrected chi connectivity index (χ3v) is 2.97. The second kappa shape index (κ2) is 5.35. The van der Waals surface area contributed by atoms with Gasteiger partial charge in [0.25, 0.3) is 5.69 Å². The van der Waals surface area contributed by atoms with Gasteiger partial charge in [0.2, 0.25) is 5.91 Å². The molecule has 0 saturated heterocycles. The van der Waals surface area contributed by atoms with Crippen molar-refractivity contribution in [1.82, 2.24) is 4.98 Å². The first kappa shape index (κ1) is 14.7. The molecule has 7 nitrogen and oxygen atoms in total. The summed E-state index contributed by atoms with van der Waals surface area (Å²) in [4.78, 5) is 25.7. The Bertz CT molecular complexity index is 712. The van der Waals surface area contributed by atoms with Crippen molar-refractivity contribution in [3.63, 3.8) is 0 Å². The molecular weight excluding hydrogens is 272 g/mol. The van der Waals surface area contributed by atoms with Crippen LogP contribution < -0.4 is 11.1 Å². The van der Waals surface area contributed by atoms with Crippen LogP contribution in [0.15, 0.2) is 30.3 Å². The number of primary amides is 1. The molecule has 0 radical (unpaired) electrons. The van der Waals surface area contributed by atoms with Gasteiger partial charge in [-0.3, -0.25) is 14.9 Å². The predicted octanol–water partition coefficient (Wildman–Crippen LogP) is 2.21. The molecule has 2 rings (SSSR count). The minimum absolute atomic E-state index is 0.0269. The van der Waals surface area contributed by atoms with Crippen molar-refractivity contribution in [3.8, 4) is 0 Å². The number of fused-ring (bicyclic) bond motifs is 1. The van der Waals surface area contributed by atoms with Crippen LogP contribution in [-0.4, -0.2) is 21.4 Å². The van der Waals surface area contributed by atoms with Crippen molar-refractivity contribution in [3.05, 3.63) is 40.4 Å². The van der Waals surface area contributed by atoms with Gasteiger partial charge in [0.05, 0.1) is 10.4 Å². The Morgan fingerprint density at radius 3 is 2.71 bits per heavy atom. The maximum atomic E-state index is 11.0. The van der Waals surface area contributed by atoms with Gasteiger partial charge in [-0.05, 0) is 32.0 Å². The van der Waals surface area contributed by atoms with Crippen molar-refractivity contribution in [2.24, 2.45) is 5.73 Å². The van der Waals surface area contributed by atoms with Crippen molar-refractivity contribution < 1.29 is 9.72 Å². The molecule has 0 spiro atoms. The van der Waals surface area contributed by atoms with E-state index in [1.165, 1.54) is 12.1 Å². The van der Waals surface area contributed by atoms with Gasteiger partial charge < -0.3 is 11.1 Å². The van der Waals surface area contributed by atoms with Crippen molar-refractivity contribution in [2.45, 2.75) is 25.8 Å². The van der Waals surface area contributed by atoms with Crippen molar-refractivity contribution in [1.29, 1.82) is 0 Å². The van der Waals surface area contributed by atoms with E-state index < -0.39 is 16.4 Å². The molecule has 1 heterocycles. The van der Waals surface area contributed by atoms with E-state index >= 15 is 0 Å². The number of carbonyl (C=O) groups is 1. The number of carbonyl (C=O) groups excluding carboxylic acids is 1. The number of pyridine rings is 1. The third-order valence-electron chi connectivity index (χ3n) is 2.97. The summed E-state index contributed by atoms with van der Waals surface area (Å²) in [6, 6.07) is 7.95. The lowest BCUT2D eigenvalue weighted by atomic mass is 10.0. The first-order valence-electron chi connectivity index (χ1n) is 6.38. The Hall–Kier alpha value is -2.70. The topological polar surface area (TPSA) is 111 Å². The monoisotopic (exact) mass is 288 g/mol. The summed E-state index contributed by atoms with van der Waals surface area (Å²) in [6.45, 7) is 3.69. The highest BCUT2D eigenvalue weighted by Crippen LogP contribution is 2.23.